The Labute approximate surface area is 207 Å². The van der Waals surface area contributed by atoms with E-state index in [4.69, 9.17) is 0 Å². The summed E-state index contributed by atoms with van der Waals surface area (Å²) in [5.74, 6) is -1.42. The Morgan fingerprint density at radius 1 is 1.06 bits per heavy atom. The van der Waals surface area contributed by atoms with Gasteiger partial charge in [-0.1, -0.05) is 55.2 Å². The molecular weight excluding hydrogens is 469 g/mol. The van der Waals surface area contributed by atoms with E-state index in [0.29, 0.717) is 5.69 Å². The second kappa shape index (κ2) is 11.7. The second-order valence-corrected chi connectivity index (χ2v) is 11.1. The van der Waals surface area contributed by atoms with Crippen molar-refractivity contribution < 1.29 is 22.4 Å². The molecule has 0 spiro atoms. The topological polar surface area (TPSA) is 86.8 Å². The third-order valence-corrected chi connectivity index (χ3v) is 7.56. The lowest BCUT2D eigenvalue weighted by atomic mass is 9.95. The molecule has 3 rings (SSSR count). The van der Waals surface area contributed by atoms with E-state index in [0.717, 1.165) is 48.2 Å². The number of carbonyl (C=O) groups excluding carboxylic acids is 2. The molecule has 2 aromatic rings. The summed E-state index contributed by atoms with van der Waals surface area (Å²) in [4.78, 5) is 27.9. The number of hydrogen-bond donors (Lipinski definition) is 1. The summed E-state index contributed by atoms with van der Waals surface area (Å²) < 4.78 is 40.6. The van der Waals surface area contributed by atoms with Gasteiger partial charge >= 0.3 is 0 Å². The Morgan fingerprint density at radius 3 is 2.29 bits per heavy atom. The fourth-order valence-corrected chi connectivity index (χ4v) is 5.14. The van der Waals surface area contributed by atoms with Crippen LogP contribution in [0.4, 0.5) is 10.1 Å². The van der Waals surface area contributed by atoms with Crippen molar-refractivity contribution in [2.75, 3.05) is 17.1 Å². The highest BCUT2D eigenvalue weighted by atomic mass is 32.2. The minimum absolute atomic E-state index is 0.0455. The maximum atomic E-state index is 14.5. The van der Waals surface area contributed by atoms with E-state index in [1.807, 2.05) is 6.92 Å². The number of nitrogens with one attached hydrogen (secondary N) is 1. The molecular formula is C26H34FN3O4S. The van der Waals surface area contributed by atoms with Crippen LogP contribution >= 0.6 is 0 Å². The Hall–Kier alpha value is -2.94. The fraction of sp³-hybridized carbons (Fsp3) is 0.462. The predicted octanol–water partition coefficient (Wildman–Crippen LogP) is 3.77. The lowest BCUT2D eigenvalue weighted by molar-refractivity contribution is -0.139. The standard InChI is InChI=1S/C26H34FN3O4S/c1-19-13-15-23(16-14-19)30(35(3,33)34)18-25(31)29(17-21-9-7-8-12-24(21)27)20(2)26(32)28-22-10-5-4-6-11-22/h7-9,12-16,20,22H,4-6,10-11,17-18H2,1-3H3,(H,28,32)/t20-/m0/s1. The summed E-state index contributed by atoms with van der Waals surface area (Å²) in [6.45, 7) is 2.81. The molecule has 0 radical (unpaired) electrons. The number of amides is 2. The Kier molecular flexibility index (Phi) is 8.88. The van der Waals surface area contributed by atoms with Gasteiger partial charge in [0.2, 0.25) is 21.8 Å². The number of halogens is 1. The summed E-state index contributed by atoms with van der Waals surface area (Å²) in [5, 5.41) is 3.02. The van der Waals surface area contributed by atoms with E-state index >= 15 is 0 Å². The first-order valence-electron chi connectivity index (χ1n) is 11.9. The zero-order valence-electron chi connectivity index (χ0n) is 20.5. The number of carbonyl (C=O) groups is 2. The molecule has 1 saturated carbocycles. The molecule has 0 aliphatic heterocycles. The van der Waals surface area contributed by atoms with Crippen molar-refractivity contribution in [3.05, 3.63) is 65.5 Å². The van der Waals surface area contributed by atoms with Gasteiger partial charge in [-0.3, -0.25) is 13.9 Å². The molecule has 1 N–H and O–H groups in total. The van der Waals surface area contributed by atoms with E-state index < -0.39 is 34.3 Å². The Bertz CT molecular complexity index is 1130. The SMILES string of the molecule is Cc1ccc(N(CC(=O)N(Cc2ccccc2F)[C@@H](C)C(=O)NC2CCCCC2)S(C)(=O)=O)cc1. The Morgan fingerprint density at radius 2 is 1.69 bits per heavy atom. The van der Waals surface area contributed by atoms with Crippen molar-refractivity contribution in [3.8, 4) is 0 Å². The minimum Gasteiger partial charge on any atom is -0.352 e. The number of benzene rings is 2. The molecule has 7 nitrogen and oxygen atoms in total. The van der Waals surface area contributed by atoms with Crippen LogP contribution in [-0.2, 0) is 26.2 Å². The van der Waals surface area contributed by atoms with Crippen molar-refractivity contribution in [1.29, 1.82) is 0 Å². The first kappa shape index (κ1) is 26.7. The maximum Gasteiger partial charge on any atom is 0.244 e. The summed E-state index contributed by atoms with van der Waals surface area (Å²) >= 11 is 0. The number of sulfonamides is 1. The lowest BCUT2D eigenvalue weighted by Gasteiger charge is -2.33. The van der Waals surface area contributed by atoms with Gasteiger partial charge in [-0.05, 0) is 44.9 Å². The third-order valence-electron chi connectivity index (χ3n) is 6.42. The maximum absolute atomic E-state index is 14.5. The Balaban J connectivity index is 1.87. The number of rotatable bonds is 9. The molecule has 0 heterocycles. The van der Waals surface area contributed by atoms with E-state index in [9.17, 15) is 22.4 Å². The van der Waals surface area contributed by atoms with Crippen molar-refractivity contribution in [3.63, 3.8) is 0 Å². The van der Waals surface area contributed by atoms with Crippen LogP contribution in [0.1, 0.15) is 50.2 Å². The average molecular weight is 504 g/mol. The second-order valence-electron chi connectivity index (χ2n) is 9.24. The highest BCUT2D eigenvalue weighted by molar-refractivity contribution is 7.92. The molecule has 35 heavy (non-hydrogen) atoms. The molecule has 1 aliphatic rings. The minimum atomic E-state index is -3.80. The monoisotopic (exact) mass is 503 g/mol. The molecule has 2 amide bonds. The van der Waals surface area contributed by atoms with Gasteiger partial charge in [-0.2, -0.15) is 0 Å². The highest BCUT2D eigenvalue weighted by Gasteiger charge is 2.31. The number of anilines is 1. The molecule has 0 unspecified atom stereocenters. The van der Waals surface area contributed by atoms with E-state index in [2.05, 4.69) is 5.32 Å². The van der Waals surface area contributed by atoms with Crippen molar-refractivity contribution in [2.24, 2.45) is 0 Å². The van der Waals surface area contributed by atoms with Gasteiger partial charge in [0.25, 0.3) is 0 Å². The van der Waals surface area contributed by atoms with Crippen LogP contribution in [-0.4, -0.2) is 50.0 Å². The zero-order chi connectivity index (χ0) is 25.6. The number of nitrogens with zero attached hydrogens (tertiary/aromatic N) is 2. The number of hydrogen-bond acceptors (Lipinski definition) is 4. The van der Waals surface area contributed by atoms with Gasteiger partial charge in [0.15, 0.2) is 0 Å². The summed E-state index contributed by atoms with van der Waals surface area (Å²) in [5.41, 5.74) is 1.54. The lowest BCUT2D eigenvalue weighted by Crippen LogP contribution is -2.53. The van der Waals surface area contributed by atoms with Crippen LogP contribution in [0, 0.1) is 12.7 Å². The van der Waals surface area contributed by atoms with Crippen LogP contribution in [0.15, 0.2) is 48.5 Å². The third kappa shape index (κ3) is 7.27. The molecule has 2 aromatic carbocycles. The van der Waals surface area contributed by atoms with Crippen molar-refractivity contribution in [1.82, 2.24) is 10.2 Å². The van der Waals surface area contributed by atoms with Crippen LogP contribution in [0.3, 0.4) is 0 Å². The largest absolute Gasteiger partial charge is 0.352 e. The van der Waals surface area contributed by atoms with Crippen LogP contribution in [0.25, 0.3) is 0 Å². The van der Waals surface area contributed by atoms with Crippen LogP contribution in [0.5, 0.6) is 0 Å². The zero-order valence-corrected chi connectivity index (χ0v) is 21.4. The quantitative estimate of drug-likeness (QED) is 0.565. The molecule has 1 fully saturated rings. The van der Waals surface area contributed by atoms with E-state index in [1.54, 1.807) is 49.4 Å². The predicted molar refractivity (Wildman–Crippen MR) is 135 cm³/mol. The normalized spacial score (nSPS) is 15.3. The summed E-state index contributed by atoms with van der Waals surface area (Å²) in [7, 11) is -3.80. The van der Waals surface area contributed by atoms with Crippen LogP contribution in [0.2, 0.25) is 0 Å². The molecule has 0 saturated heterocycles. The van der Waals surface area contributed by atoms with Crippen LogP contribution < -0.4 is 9.62 Å². The van der Waals surface area contributed by atoms with E-state index in [1.165, 1.54) is 11.0 Å². The fourth-order valence-electron chi connectivity index (χ4n) is 4.29. The van der Waals surface area contributed by atoms with Gasteiger partial charge in [0, 0.05) is 18.2 Å². The molecule has 0 bridgehead atoms. The van der Waals surface area contributed by atoms with Crippen molar-refractivity contribution in [2.45, 2.75) is 64.6 Å². The highest BCUT2D eigenvalue weighted by Crippen LogP contribution is 2.21. The molecule has 9 heteroatoms. The van der Waals surface area contributed by atoms with Crippen molar-refractivity contribution >= 4 is 27.5 Å². The van der Waals surface area contributed by atoms with E-state index in [-0.39, 0.29) is 24.1 Å². The van der Waals surface area contributed by atoms with Gasteiger partial charge < -0.3 is 10.2 Å². The average Bonchev–Trinajstić information content (AvgIpc) is 2.82. The van der Waals surface area contributed by atoms with Gasteiger partial charge in [-0.15, -0.1) is 0 Å². The smallest absolute Gasteiger partial charge is 0.244 e. The van der Waals surface area contributed by atoms with Gasteiger partial charge in [0.1, 0.15) is 18.4 Å². The molecule has 0 aromatic heterocycles. The molecule has 190 valence electrons. The first-order chi connectivity index (χ1) is 16.6. The molecule has 1 atom stereocenters. The first-order valence-corrected chi connectivity index (χ1v) is 13.8. The molecule has 1 aliphatic carbocycles. The summed E-state index contributed by atoms with van der Waals surface area (Å²) in [6, 6.07) is 12.0. The van der Waals surface area contributed by atoms with Gasteiger partial charge in [0.05, 0.1) is 11.9 Å². The number of aryl methyl sites for hydroxylation is 1. The van der Waals surface area contributed by atoms with Gasteiger partial charge in [-0.25, -0.2) is 12.8 Å². The summed E-state index contributed by atoms with van der Waals surface area (Å²) in [6.07, 6.45) is 6.01.